The lowest BCUT2D eigenvalue weighted by molar-refractivity contribution is -0.134. The number of nitrogens with one attached hydrogen (secondary N) is 1. The molecule has 1 aliphatic rings. The van der Waals surface area contributed by atoms with Gasteiger partial charge >= 0.3 is 0 Å². The Morgan fingerprint density at radius 3 is 3.00 bits per heavy atom. The summed E-state index contributed by atoms with van der Waals surface area (Å²) in [7, 11) is 0. The van der Waals surface area contributed by atoms with E-state index in [0.29, 0.717) is 23.5 Å². The first-order valence-electron chi connectivity index (χ1n) is 5.82. The molecule has 2 aromatic rings. The van der Waals surface area contributed by atoms with E-state index < -0.39 is 5.92 Å². The summed E-state index contributed by atoms with van der Waals surface area (Å²) >= 11 is 0. The van der Waals surface area contributed by atoms with Crippen LogP contribution in [-0.2, 0) is 9.59 Å². The van der Waals surface area contributed by atoms with Gasteiger partial charge in [0.1, 0.15) is 12.2 Å². The Kier molecular flexibility index (Phi) is 2.59. The van der Waals surface area contributed by atoms with Crippen molar-refractivity contribution in [3.8, 4) is 0 Å². The van der Waals surface area contributed by atoms with E-state index in [1.54, 1.807) is 18.3 Å². The van der Waals surface area contributed by atoms with Crippen LogP contribution in [0.5, 0.6) is 0 Å². The normalized spacial score (nSPS) is 19.5. The van der Waals surface area contributed by atoms with Gasteiger partial charge in [-0.2, -0.15) is 5.10 Å². The summed E-state index contributed by atoms with van der Waals surface area (Å²) in [5.41, 5.74) is 0.999. The fraction of sp³-hybridized carbons (Fsp3) is 0.250. The van der Waals surface area contributed by atoms with Gasteiger partial charge in [0.05, 0.1) is 0 Å². The van der Waals surface area contributed by atoms with E-state index >= 15 is 0 Å². The van der Waals surface area contributed by atoms with Crippen LogP contribution in [-0.4, -0.2) is 32.7 Å². The number of hydrogen-bond acceptors (Lipinski definition) is 5. The van der Waals surface area contributed by atoms with Crippen molar-refractivity contribution in [2.45, 2.75) is 18.8 Å². The predicted octanol–water partition coefficient (Wildman–Crippen LogP) is 0.0620. The number of nitrogens with zero attached hydrogens (tertiary/aromatic N) is 3. The highest BCUT2D eigenvalue weighted by Gasteiger charge is 2.31. The van der Waals surface area contributed by atoms with Crippen LogP contribution >= 0.6 is 0 Å². The van der Waals surface area contributed by atoms with Crippen LogP contribution in [0, 0.1) is 0 Å². The minimum Gasteiger partial charge on any atom is -0.298 e. The molecule has 2 aromatic heterocycles. The van der Waals surface area contributed by atoms with Crippen LogP contribution in [0.4, 0.5) is 0 Å². The molecule has 1 N–H and O–H groups in total. The number of carbonyl (C=O) groups is 3. The van der Waals surface area contributed by atoms with E-state index in [1.807, 2.05) is 0 Å². The first-order chi connectivity index (χ1) is 9.17. The van der Waals surface area contributed by atoms with Crippen LogP contribution in [0.3, 0.4) is 0 Å². The third-order valence-corrected chi connectivity index (χ3v) is 3.06. The van der Waals surface area contributed by atoms with E-state index in [1.165, 1.54) is 4.52 Å². The lowest BCUT2D eigenvalue weighted by Gasteiger charge is -2.17. The minimum atomic E-state index is -0.516. The molecule has 1 unspecified atom stereocenters. The third kappa shape index (κ3) is 1.99. The molecule has 0 radical (unpaired) electrons. The highest BCUT2D eigenvalue weighted by molar-refractivity contribution is 6.00. The molecule has 2 amide bonds. The molecule has 96 valence electrons. The Bertz CT molecular complexity index is 691. The zero-order chi connectivity index (χ0) is 13.4. The molecule has 0 saturated carbocycles. The second-order valence-electron chi connectivity index (χ2n) is 4.35. The number of pyridine rings is 1. The Morgan fingerprint density at radius 1 is 1.42 bits per heavy atom. The molecule has 0 bridgehead atoms. The van der Waals surface area contributed by atoms with Gasteiger partial charge in [0.25, 0.3) is 0 Å². The molecule has 7 heteroatoms. The van der Waals surface area contributed by atoms with Crippen molar-refractivity contribution in [3.05, 3.63) is 29.7 Å². The van der Waals surface area contributed by atoms with E-state index in [-0.39, 0.29) is 18.2 Å². The highest BCUT2D eigenvalue weighted by atomic mass is 16.2. The lowest BCUT2D eigenvalue weighted by Crippen LogP contribution is -2.39. The van der Waals surface area contributed by atoms with Gasteiger partial charge < -0.3 is 0 Å². The molecule has 1 fully saturated rings. The second kappa shape index (κ2) is 4.27. The first kappa shape index (κ1) is 11.5. The van der Waals surface area contributed by atoms with Crippen molar-refractivity contribution in [1.82, 2.24) is 19.9 Å². The average Bonchev–Trinajstić information content (AvgIpc) is 2.80. The Morgan fingerprint density at radius 2 is 2.26 bits per heavy atom. The number of aldehydes is 1. The molecule has 1 atom stereocenters. The fourth-order valence-corrected chi connectivity index (χ4v) is 2.08. The second-order valence-corrected chi connectivity index (χ2v) is 4.35. The summed E-state index contributed by atoms with van der Waals surface area (Å²) < 4.78 is 1.51. The van der Waals surface area contributed by atoms with Crippen molar-refractivity contribution < 1.29 is 14.4 Å². The summed E-state index contributed by atoms with van der Waals surface area (Å²) in [6, 6.07) is 3.21. The molecule has 1 aliphatic heterocycles. The van der Waals surface area contributed by atoms with Crippen molar-refractivity contribution >= 4 is 23.7 Å². The number of carbonyl (C=O) groups excluding carboxylic acids is 3. The molecule has 0 spiro atoms. The highest BCUT2D eigenvalue weighted by Crippen LogP contribution is 2.22. The Balaban J connectivity index is 1.99. The number of amides is 2. The standard InChI is InChI=1S/C12H10N4O3/c17-6-7-3-4-16-9(5-7)13-11(15-16)8-1-2-10(18)14-12(8)19/h3-6,8H,1-2H2,(H,14,18,19). The zero-order valence-corrected chi connectivity index (χ0v) is 9.87. The van der Waals surface area contributed by atoms with Gasteiger partial charge in [-0.1, -0.05) is 0 Å². The topological polar surface area (TPSA) is 93.4 Å². The van der Waals surface area contributed by atoms with E-state index in [0.717, 1.165) is 6.29 Å². The summed E-state index contributed by atoms with van der Waals surface area (Å²) in [4.78, 5) is 37.7. The van der Waals surface area contributed by atoms with Crippen LogP contribution in [0.15, 0.2) is 18.3 Å². The third-order valence-electron chi connectivity index (χ3n) is 3.06. The molecule has 0 aliphatic carbocycles. The number of piperidine rings is 1. The Labute approximate surface area is 107 Å². The van der Waals surface area contributed by atoms with Gasteiger partial charge in [0, 0.05) is 18.2 Å². The zero-order valence-electron chi connectivity index (χ0n) is 9.87. The maximum Gasteiger partial charge on any atom is 0.237 e. The van der Waals surface area contributed by atoms with Gasteiger partial charge in [0.2, 0.25) is 11.8 Å². The largest absolute Gasteiger partial charge is 0.298 e. The van der Waals surface area contributed by atoms with E-state index in [4.69, 9.17) is 0 Å². The fourth-order valence-electron chi connectivity index (χ4n) is 2.08. The first-order valence-corrected chi connectivity index (χ1v) is 5.82. The monoisotopic (exact) mass is 258 g/mol. The smallest absolute Gasteiger partial charge is 0.237 e. The van der Waals surface area contributed by atoms with Crippen LogP contribution in [0.1, 0.15) is 34.9 Å². The number of fused-ring (bicyclic) bond motifs is 1. The molecular formula is C12H10N4O3. The van der Waals surface area contributed by atoms with Crippen molar-refractivity contribution in [3.63, 3.8) is 0 Å². The molecular weight excluding hydrogens is 248 g/mol. The predicted molar refractivity (Wildman–Crippen MR) is 63.5 cm³/mol. The Hall–Kier alpha value is -2.57. The number of hydrogen-bond donors (Lipinski definition) is 1. The van der Waals surface area contributed by atoms with E-state index in [9.17, 15) is 14.4 Å². The number of imide groups is 1. The summed E-state index contributed by atoms with van der Waals surface area (Å²) in [5, 5.41) is 6.48. The van der Waals surface area contributed by atoms with Gasteiger partial charge in [-0.15, -0.1) is 0 Å². The summed E-state index contributed by atoms with van der Waals surface area (Å²) in [6.07, 6.45) is 3.02. The van der Waals surface area contributed by atoms with Crippen LogP contribution < -0.4 is 5.32 Å². The molecule has 3 heterocycles. The summed E-state index contributed by atoms with van der Waals surface area (Å²) in [6.45, 7) is 0. The molecule has 3 rings (SSSR count). The van der Waals surface area contributed by atoms with E-state index in [2.05, 4.69) is 15.4 Å². The SMILES string of the molecule is O=Cc1ccn2nc(C3CCC(=O)NC3=O)nc2c1. The lowest BCUT2D eigenvalue weighted by atomic mass is 9.98. The molecule has 1 saturated heterocycles. The van der Waals surface area contributed by atoms with Crippen molar-refractivity contribution in [2.75, 3.05) is 0 Å². The van der Waals surface area contributed by atoms with Gasteiger partial charge in [-0.05, 0) is 18.6 Å². The molecule has 0 aromatic carbocycles. The van der Waals surface area contributed by atoms with Crippen LogP contribution in [0.25, 0.3) is 5.65 Å². The maximum absolute atomic E-state index is 11.7. The minimum absolute atomic E-state index is 0.270. The molecule has 7 nitrogen and oxygen atoms in total. The van der Waals surface area contributed by atoms with Gasteiger partial charge in [-0.25, -0.2) is 9.50 Å². The quantitative estimate of drug-likeness (QED) is 0.607. The van der Waals surface area contributed by atoms with Gasteiger partial charge in [0.15, 0.2) is 11.5 Å². The number of aromatic nitrogens is 3. The van der Waals surface area contributed by atoms with Gasteiger partial charge in [-0.3, -0.25) is 19.7 Å². The molecule has 19 heavy (non-hydrogen) atoms. The average molecular weight is 258 g/mol. The van der Waals surface area contributed by atoms with Crippen LogP contribution in [0.2, 0.25) is 0 Å². The number of rotatable bonds is 2. The van der Waals surface area contributed by atoms with Crippen molar-refractivity contribution in [2.24, 2.45) is 0 Å². The van der Waals surface area contributed by atoms with Crippen molar-refractivity contribution in [1.29, 1.82) is 0 Å². The summed E-state index contributed by atoms with van der Waals surface area (Å²) in [5.74, 6) is -0.790. The maximum atomic E-state index is 11.7.